The van der Waals surface area contributed by atoms with Gasteiger partial charge in [-0.3, -0.25) is 4.79 Å². The van der Waals surface area contributed by atoms with Crippen molar-refractivity contribution in [3.05, 3.63) is 0 Å². The molecule has 12 heavy (non-hydrogen) atoms. The van der Waals surface area contributed by atoms with Crippen LogP contribution in [0.15, 0.2) is 0 Å². The van der Waals surface area contributed by atoms with Crippen molar-refractivity contribution in [2.45, 2.75) is 19.1 Å². The van der Waals surface area contributed by atoms with E-state index < -0.39 is 5.72 Å². The average molecular weight is 195 g/mol. The second-order valence-corrected chi connectivity index (χ2v) is 3.76. The highest BCUT2D eigenvalue weighted by molar-refractivity contribution is 5.46. The van der Waals surface area contributed by atoms with Crippen LogP contribution >= 0.6 is 0 Å². The van der Waals surface area contributed by atoms with Crippen LogP contribution in [-0.2, 0) is 4.79 Å². The van der Waals surface area contributed by atoms with Crippen LogP contribution in [0.4, 0.5) is 0 Å². The molecule has 1 unspecified atom stereocenters. The first-order valence-electron chi connectivity index (χ1n) is 3.71. The van der Waals surface area contributed by atoms with Crippen molar-refractivity contribution in [1.82, 2.24) is 5.01 Å². The van der Waals surface area contributed by atoms with Crippen molar-refractivity contribution in [3.8, 4) is 0 Å². The van der Waals surface area contributed by atoms with Crippen molar-refractivity contribution in [2.24, 2.45) is 0 Å². The molecule has 0 spiro atoms. The highest BCUT2D eigenvalue weighted by Crippen LogP contribution is 2.28. The van der Waals surface area contributed by atoms with Crippen LogP contribution in [0.2, 0.25) is 0 Å². The van der Waals surface area contributed by atoms with E-state index in [1.165, 1.54) is 5.01 Å². The Kier molecular flexibility index (Phi) is 3.12. The molecular formula is C7H15ClN2O2. The number of aliphatic hydroxyl groups is 1. The summed E-state index contributed by atoms with van der Waals surface area (Å²) in [5.74, 6) is 0. The maximum atomic E-state index is 10.6. The van der Waals surface area contributed by atoms with Gasteiger partial charge in [-0.2, -0.15) is 5.01 Å². The molecular weight excluding hydrogens is 180 g/mol. The molecule has 1 atom stereocenters. The molecule has 0 aromatic carbocycles. The monoisotopic (exact) mass is 194 g/mol. The summed E-state index contributed by atoms with van der Waals surface area (Å²) in [7, 11) is 3.80. The van der Waals surface area contributed by atoms with Gasteiger partial charge in [-0.15, -0.1) is 0 Å². The highest BCUT2D eigenvalue weighted by Gasteiger charge is 2.47. The summed E-state index contributed by atoms with van der Waals surface area (Å²) >= 11 is 0. The van der Waals surface area contributed by atoms with Crippen molar-refractivity contribution >= 4 is 6.41 Å². The Morgan fingerprint density at radius 3 is 2.25 bits per heavy atom. The SMILES string of the molecule is CC1(O)CC[N+](C)(C)N1C=O.[Cl-]. The fourth-order valence-electron chi connectivity index (χ4n) is 1.53. The van der Waals surface area contributed by atoms with Crippen LogP contribution in [-0.4, -0.2) is 47.5 Å². The molecule has 4 nitrogen and oxygen atoms in total. The van der Waals surface area contributed by atoms with E-state index in [-0.39, 0.29) is 12.4 Å². The summed E-state index contributed by atoms with van der Waals surface area (Å²) in [6, 6.07) is 0. The van der Waals surface area contributed by atoms with Gasteiger partial charge < -0.3 is 17.5 Å². The zero-order valence-electron chi connectivity index (χ0n) is 7.62. The molecule has 1 N–H and O–H groups in total. The molecule has 0 bridgehead atoms. The summed E-state index contributed by atoms with van der Waals surface area (Å²) in [6.07, 6.45) is 1.34. The van der Waals surface area contributed by atoms with E-state index in [2.05, 4.69) is 0 Å². The molecule has 72 valence electrons. The van der Waals surface area contributed by atoms with Crippen LogP contribution in [0.5, 0.6) is 0 Å². The third kappa shape index (κ3) is 1.71. The van der Waals surface area contributed by atoms with Gasteiger partial charge in [0, 0.05) is 0 Å². The lowest BCUT2D eigenvalue weighted by molar-refractivity contribution is -0.983. The van der Waals surface area contributed by atoms with Crippen LogP contribution in [0.25, 0.3) is 0 Å². The lowest BCUT2D eigenvalue weighted by Gasteiger charge is -2.34. The number of rotatable bonds is 1. The molecule has 0 aliphatic carbocycles. The predicted molar refractivity (Wildman–Crippen MR) is 40.1 cm³/mol. The number of carbonyl (C=O) groups is 1. The molecule has 1 amide bonds. The molecule has 1 fully saturated rings. The van der Waals surface area contributed by atoms with E-state index in [9.17, 15) is 9.90 Å². The van der Waals surface area contributed by atoms with E-state index in [0.717, 1.165) is 6.54 Å². The first kappa shape index (κ1) is 11.7. The minimum absolute atomic E-state index is 0. The normalized spacial score (nSPS) is 32.8. The zero-order valence-corrected chi connectivity index (χ0v) is 8.38. The summed E-state index contributed by atoms with van der Waals surface area (Å²) < 4.78 is 0.441. The van der Waals surface area contributed by atoms with E-state index in [0.29, 0.717) is 17.4 Å². The lowest BCUT2D eigenvalue weighted by Crippen LogP contribution is -3.00. The van der Waals surface area contributed by atoms with E-state index in [1.54, 1.807) is 6.92 Å². The molecule has 1 aliphatic rings. The highest BCUT2D eigenvalue weighted by atomic mass is 35.5. The number of quaternary nitrogens is 1. The molecule has 0 aromatic heterocycles. The molecule has 5 heteroatoms. The molecule has 0 radical (unpaired) electrons. The Balaban J connectivity index is 0.00000121. The lowest BCUT2D eigenvalue weighted by atomic mass is 10.2. The van der Waals surface area contributed by atoms with Gasteiger partial charge in [-0.25, -0.2) is 4.59 Å². The summed E-state index contributed by atoms with van der Waals surface area (Å²) in [5.41, 5.74) is -0.967. The quantitative estimate of drug-likeness (QED) is 0.349. The number of hydrogen-bond donors (Lipinski definition) is 1. The topological polar surface area (TPSA) is 40.5 Å². The van der Waals surface area contributed by atoms with E-state index in [4.69, 9.17) is 0 Å². The zero-order chi connectivity index (χ0) is 8.70. The maximum absolute atomic E-state index is 10.6. The van der Waals surface area contributed by atoms with Crippen molar-refractivity contribution < 1.29 is 26.9 Å². The van der Waals surface area contributed by atoms with Crippen molar-refractivity contribution in [3.63, 3.8) is 0 Å². The Morgan fingerprint density at radius 2 is 2.08 bits per heavy atom. The number of amides is 1. The summed E-state index contributed by atoms with van der Waals surface area (Å²) in [6.45, 7) is 2.46. The first-order chi connectivity index (χ1) is 4.90. The molecule has 1 aliphatic heterocycles. The van der Waals surface area contributed by atoms with Crippen LogP contribution in [0, 0.1) is 0 Å². The third-order valence-corrected chi connectivity index (χ3v) is 2.31. The molecule has 1 heterocycles. The van der Waals surface area contributed by atoms with Crippen molar-refractivity contribution in [2.75, 3.05) is 20.6 Å². The predicted octanol–water partition coefficient (Wildman–Crippen LogP) is -3.45. The first-order valence-corrected chi connectivity index (χ1v) is 3.71. The van der Waals surface area contributed by atoms with Gasteiger partial charge in [-0.05, 0) is 6.92 Å². The Bertz CT molecular complexity index is 166. The number of halogens is 1. The number of hydrogen-bond acceptors (Lipinski definition) is 2. The number of nitrogens with zero attached hydrogens (tertiary/aromatic N) is 2. The number of carbonyl (C=O) groups excluding carboxylic acids is 1. The van der Waals surface area contributed by atoms with Gasteiger partial charge in [0.15, 0.2) is 5.72 Å². The Hall–Kier alpha value is -0.320. The molecule has 1 saturated heterocycles. The van der Waals surface area contributed by atoms with Gasteiger partial charge in [0.1, 0.15) is 6.54 Å². The smallest absolute Gasteiger partial charge is 0.258 e. The fourth-order valence-corrected chi connectivity index (χ4v) is 1.53. The standard InChI is InChI=1S/C7H15N2O2.ClH/c1-7(11)4-5-9(2,3)8(7)6-10;/h6,11H,4-5H2,1-3H3;1H/q+1;/p-1. The average Bonchev–Trinajstić information content (AvgIpc) is 2.03. The molecule has 0 aromatic rings. The van der Waals surface area contributed by atoms with Gasteiger partial charge >= 0.3 is 0 Å². The third-order valence-electron chi connectivity index (χ3n) is 2.31. The second-order valence-electron chi connectivity index (χ2n) is 3.76. The van der Waals surface area contributed by atoms with Gasteiger partial charge in [-0.1, -0.05) is 0 Å². The van der Waals surface area contributed by atoms with Crippen LogP contribution in [0.3, 0.4) is 0 Å². The largest absolute Gasteiger partial charge is 1.00 e. The molecule has 1 rings (SSSR count). The van der Waals surface area contributed by atoms with Crippen LogP contribution in [0.1, 0.15) is 13.3 Å². The fraction of sp³-hybridized carbons (Fsp3) is 0.857. The van der Waals surface area contributed by atoms with E-state index in [1.807, 2.05) is 14.1 Å². The van der Waals surface area contributed by atoms with E-state index >= 15 is 0 Å². The maximum Gasteiger partial charge on any atom is 0.258 e. The Morgan fingerprint density at radius 1 is 1.58 bits per heavy atom. The second kappa shape index (κ2) is 3.20. The Labute approximate surface area is 78.7 Å². The van der Waals surface area contributed by atoms with Gasteiger partial charge in [0.2, 0.25) is 0 Å². The van der Waals surface area contributed by atoms with Crippen molar-refractivity contribution in [1.29, 1.82) is 0 Å². The van der Waals surface area contributed by atoms with Gasteiger partial charge in [0.25, 0.3) is 6.41 Å². The summed E-state index contributed by atoms with van der Waals surface area (Å²) in [4.78, 5) is 10.6. The molecule has 0 saturated carbocycles. The van der Waals surface area contributed by atoms with Gasteiger partial charge in [0.05, 0.1) is 20.5 Å². The van der Waals surface area contributed by atoms with Crippen LogP contribution < -0.4 is 12.4 Å². The minimum atomic E-state index is -0.967. The minimum Gasteiger partial charge on any atom is -1.00 e. The summed E-state index contributed by atoms with van der Waals surface area (Å²) in [5, 5.41) is 11.1.